The van der Waals surface area contributed by atoms with E-state index >= 15 is 0 Å². The summed E-state index contributed by atoms with van der Waals surface area (Å²) in [5, 5.41) is 0. The van der Waals surface area contributed by atoms with Gasteiger partial charge in [0.15, 0.2) is 0 Å². The molecule has 24 heavy (non-hydrogen) atoms. The minimum absolute atomic E-state index is 0.831. The summed E-state index contributed by atoms with van der Waals surface area (Å²) in [4.78, 5) is 15.6. The van der Waals surface area contributed by atoms with Crippen molar-refractivity contribution in [3.05, 3.63) is 42.2 Å². The molecule has 0 bridgehead atoms. The van der Waals surface area contributed by atoms with Crippen molar-refractivity contribution in [2.24, 2.45) is 0 Å². The summed E-state index contributed by atoms with van der Waals surface area (Å²) in [6.45, 7) is 3.04. The number of anilines is 3. The Bertz CT molecular complexity index is 664. The fourth-order valence-electron chi connectivity index (χ4n) is 3.13. The minimum atomic E-state index is 0.831. The van der Waals surface area contributed by atoms with Crippen LogP contribution in [0.2, 0.25) is 0 Å². The maximum Gasteiger partial charge on any atom is 0.134 e. The molecule has 0 saturated carbocycles. The molecule has 1 aromatic heterocycles. The van der Waals surface area contributed by atoms with Crippen LogP contribution in [0.1, 0.15) is 24.8 Å². The molecule has 0 spiro atoms. The maximum absolute atomic E-state index is 4.47. The molecule has 2 aromatic rings. The van der Waals surface area contributed by atoms with Crippen LogP contribution in [-0.2, 0) is 6.54 Å². The molecule has 1 aliphatic heterocycles. The van der Waals surface area contributed by atoms with Gasteiger partial charge in [-0.05, 0) is 37.0 Å². The van der Waals surface area contributed by atoms with Gasteiger partial charge < -0.3 is 14.7 Å². The van der Waals surface area contributed by atoms with E-state index in [0.717, 1.165) is 31.3 Å². The molecule has 0 amide bonds. The van der Waals surface area contributed by atoms with Gasteiger partial charge in [-0.1, -0.05) is 12.1 Å². The third kappa shape index (κ3) is 3.96. The fourth-order valence-corrected chi connectivity index (χ4v) is 3.13. The lowest BCUT2D eigenvalue weighted by Crippen LogP contribution is -2.30. The van der Waals surface area contributed by atoms with Gasteiger partial charge in [-0.25, -0.2) is 9.97 Å². The van der Waals surface area contributed by atoms with Crippen molar-refractivity contribution in [1.29, 1.82) is 0 Å². The van der Waals surface area contributed by atoms with Crippen LogP contribution in [0.15, 0.2) is 36.7 Å². The Morgan fingerprint density at radius 3 is 2.54 bits per heavy atom. The second kappa shape index (κ2) is 7.51. The highest BCUT2D eigenvalue weighted by atomic mass is 15.2. The Hall–Kier alpha value is -2.30. The first kappa shape index (κ1) is 16.6. The van der Waals surface area contributed by atoms with E-state index < -0.39 is 0 Å². The van der Waals surface area contributed by atoms with Gasteiger partial charge in [0.05, 0.1) is 0 Å². The van der Waals surface area contributed by atoms with Gasteiger partial charge in [-0.2, -0.15) is 0 Å². The molecule has 1 saturated heterocycles. The number of piperidine rings is 1. The van der Waals surface area contributed by atoms with Crippen molar-refractivity contribution in [2.75, 3.05) is 48.9 Å². The third-order valence-electron chi connectivity index (χ3n) is 4.56. The van der Waals surface area contributed by atoms with E-state index in [9.17, 15) is 0 Å². The van der Waals surface area contributed by atoms with Crippen molar-refractivity contribution >= 4 is 17.3 Å². The number of benzene rings is 1. The van der Waals surface area contributed by atoms with Crippen molar-refractivity contribution < 1.29 is 0 Å². The summed E-state index contributed by atoms with van der Waals surface area (Å²) in [5.41, 5.74) is 2.50. The largest absolute Gasteiger partial charge is 0.378 e. The van der Waals surface area contributed by atoms with Crippen LogP contribution in [-0.4, -0.2) is 44.2 Å². The standard InChI is InChI=1S/C19H27N5/c1-22(2)17-9-7-8-16(12-17)14-23(3)18-13-19(21-15-20-18)24-10-5-4-6-11-24/h7-9,12-13,15H,4-6,10-11,14H2,1-3H3. The van der Waals surface area contributed by atoms with E-state index in [0.29, 0.717) is 0 Å². The normalized spacial score (nSPS) is 14.5. The molecule has 5 nitrogen and oxygen atoms in total. The lowest BCUT2D eigenvalue weighted by atomic mass is 10.1. The quantitative estimate of drug-likeness (QED) is 0.844. The molecule has 5 heteroatoms. The second-order valence-electron chi connectivity index (χ2n) is 6.70. The van der Waals surface area contributed by atoms with Crippen LogP contribution >= 0.6 is 0 Å². The molecule has 0 atom stereocenters. The maximum atomic E-state index is 4.47. The van der Waals surface area contributed by atoms with Crippen molar-refractivity contribution in [2.45, 2.75) is 25.8 Å². The Kier molecular flexibility index (Phi) is 5.18. The first-order valence-corrected chi connectivity index (χ1v) is 8.68. The molecule has 3 rings (SSSR count). The van der Waals surface area contributed by atoms with E-state index in [2.05, 4.69) is 76.1 Å². The van der Waals surface area contributed by atoms with E-state index in [4.69, 9.17) is 0 Å². The monoisotopic (exact) mass is 325 g/mol. The van der Waals surface area contributed by atoms with Gasteiger partial charge in [-0.3, -0.25) is 0 Å². The SMILES string of the molecule is CN(C)c1cccc(CN(C)c2cc(N3CCCCC3)ncn2)c1. The van der Waals surface area contributed by atoms with Crippen molar-refractivity contribution in [3.8, 4) is 0 Å². The van der Waals surface area contributed by atoms with Crippen LogP contribution in [0.5, 0.6) is 0 Å². The van der Waals surface area contributed by atoms with Crippen LogP contribution < -0.4 is 14.7 Å². The number of rotatable bonds is 5. The number of aromatic nitrogens is 2. The van der Waals surface area contributed by atoms with Crippen LogP contribution in [0, 0.1) is 0 Å². The fraction of sp³-hybridized carbons (Fsp3) is 0.474. The summed E-state index contributed by atoms with van der Waals surface area (Å²) in [5.74, 6) is 2.02. The topological polar surface area (TPSA) is 35.5 Å². The predicted octanol–water partition coefficient (Wildman–Crippen LogP) is 3.17. The highest BCUT2D eigenvalue weighted by Gasteiger charge is 2.14. The van der Waals surface area contributed by atoms with Gasteiger partial charge >= 0.3 is 0 Å². The van der Waals surface area contributed by atoms with Gasteiger partial charge in [0.2, 0.25) is 0 Å². The molecule has 1 aliphatic rings. The van der Waals surface area contributed by atoms with Crippen LogP contribution in [0.4, 0.5) is 17.3 Å². The smallest absolute Gasteiger partial charge is 0.134 e. The molecule has 1 fully saturated rings. The first-order valence-electron chi connectivity index (χ1n) is 8.68. The van der Waals surface area contributed by atoms with Gasteiger partial charge in [0, 0.05) is 52.5 Å². The van der Waals surface area contributed by atoms with E-state index in [-0.39, 0.29) is 0 Å². The molecule has 128 valence electrons. The molecule has 0 aliphatic carbocycles. The Morgan fingerprint density at radius 1 is 1.00 bits per heavy atom. The lowest BCUT2D eigenvalue weighted by molar-refractivity contribution is 0.573. The van der Waals surface area contributed by atoms with E-state index in [1.165, 1.54) is 30.5 Å². The summed E-state index contributed by atoms with van der Waals surface area (Å²) in [6, 6.07) is 10.7. The van der Waals surface area contributed by atoms with Crippen molar-refractivity contribution in [3.63, 3.8) is 0 Å². The van der Waals surface area contributed by atoms with Gasteiger partial charge in [0.25, 0.3) is 0 Å². The summed E-state index contributed by atoms with van der Waals surface area (Å²) >= 11 is 0. The third-order valence-corrected chi connectivity index (χ3v) is 4.56. The molecule has 0 unspecified atom stereocenters. The van der Waals surface area contributed by atoms with Crippen LogP contribution in [0.3, 0.4) is 0 Å². The Labute approximate surface area is 144 Å². The molecule has 1 aromatic carbocycles. The predicted molar refractivity (Wildman–Crippen MR) is 101 cm³/mol. The summed E-state index contributed by atoms with van der Waals surface area (Å²) in [6.07, 6.45) is 5.53. The molecular formula is C19H27N5. The molecule has 0 radical (unpaired) electrons. The second-order valence-corrected chi connectivity index (χ2v) is 6.70. The Morgan fingerprint density at radius 2 is 1.79 bits per heavy atom. The minimum Gasteiger partial charge on any atom is -0.378 e. The van der Waals surface area contributed by atoms with E-state index in [1.54, 1.807) is 6.33 Å². The average molecular weight is 325 g/mol. The van der Waals surface area contributed by atoms with Crippen LogP contribution in [0.25, 0.3) is 0 Å². The zero-order chi connectivity index (χ0) is 16.9. The number of nitrogens with zero attached hydrogens (tertiary/aromatic N) is 5. The zero-order valence-electron chi connectivity index (χ0n) is 14.9. The Balaban J connectivity index is 1.72. The summed E-state index contributed by atoms with van der Waals surface area (Å²) in [7, 11) is 6.22. The number of hydrogen-bond donors (Lipinski definition) is 0. The average Bonchev–Trinajstić information content (AvgIpc) is 2.63. The first-order chi connectivity index (χ1) is 11.6. The highest BCUT2D eigenvalue weighted by molar-refractivity contribution is 5.52. The molecular weight excluding hydrogens is 298 g/mol. The zero-order valence-corrected chi connectivity index (χ0v) is 14.9. The summed E-state index contributed by atoms with van der Waals surface area (Å²) < 4.78 is 0. The lowest BCUT2D eigenvalue weighted by Gasteiger charge is -2.28. The van der Waals surface area contributed by atoms with Crippen molar-refractivity contribution in [1.82, 2.24) is 9.97 Å². The van der Waals surface area contributed by atoms with E-state index in [1.807, 2.05) is 0 Å². The number of hydrogen-bond acceptors (Lipinski definition) is 5. The molecule has 0 N–H and O–H groups in total. The molecule has 2 heterocycles. The van der Waals surface area contributed by atoms with Gasteiger partial charge in [0.1, 0.15) is 18.0 Å². The highest BCUT2D eigenvalue weighted by Crippen LogP contribution is 2.22. The van der Waals surface area contributed by atoms with Gasteiger partial charge in [-0.15, -0.1) is 0 Å².